The van der Waals surface area contributed by atoms with Crippen molar-refractivity contribution in [1.29, 1.82) is 0 Å². The maximum atomic E-state index is 11.7. The van der Waals surface area contributed by atoms with Gasteiger partial charge in [-0.2, -0.15) is 0 Å². The lowest BCUT2D eigenvalue weighted by atomic mass is 9.81. The molecule has 0 aliphatic rings. The number of rotatable bonds is 6. The van der Waals surface area contributed by atoms with Crippen molar-refractivity contribution in [2.24, 2.45) is 11.3 Å². The Morgan fingerprint density at radius 3 is 2.27 bits per heavy atom. The average Bonchev–Trinajstić information content (AvgIpc) is 2.14. The second-order valence-electron chi connectivity index (χ2n) is 5.44. The summed E-state index contributed by atoms with van der Waals surface area (Å²) in [6, 6.07) is 0. The molecule has 0 saturated heterocycles. The molecule has 90 valence electrons. The van der Waals surface area contributed by atoms with Crippen LogP contribution in [0.5, 0.6) is 0 Å². The highest BCUT2D eigenvalue weighted by molar-refractivity contribution is 5.78. The van der Waals surface area contributed by atoms with E-state index in [4.69, 9.17) is 0 Å². The Labute approximate surface area is 94.8 Å². The van der Waals surface area contributed by atoms with Crippen molar-refractivity contribution in [2.45, 2.75) is 60.3 Å². The maximum Gasteiger partial charge on any atom is 0.223 e. The van der Waals surface area contributed by atoms with Gasteiger partial charge in [0.1, 0.15) is 0 Å². The fourth-order valence-electron chi connectivity index (χ4n) is 1.31. The molecule has 0 fully saturated rings. The van der Waals surface area contributed by atoms with Crippen molar-refractivity contribution in [3.05, 3.63) is 0 Å². The summed E-state index contributed by atoms with van der Waals surface area (Å²) in [4.78, 5) is 11.7. The Hall–Kier alpha value is -0.530. The van der Waals surface area contributed by atoms with Crippen LogP contribution in [0.15, 0.2) is 0 Å². The molecule has 0 bridgehead atoms. The highest BCUT2D eigenvalue weighted by Crippen LogP contribution is 2.25. The number of nitrogens with one attached hydrogen (secondary N) is 1. The van der Waals surface area contributed by atoms with Crippen molar-refractivity contribution >= 4 is 5.91 Å². The number of carbonyl (C=O) groups is 1. The highest BCUT2D eigenvalue weighted by Gasteiger charge is 2.26. The summed E-state index contributed by atoms with van der Waals surface area (Å²) in [7, 11) is 0. The number of hydrogen-bond acceptors (Lipinski definition) is 1. The Kier molecular flexibility index (Phi) is 6.62. The van der Waals surface area contributed by atoms with Gasteiger partial charge in [-0.15, -0.1) is 0 Å². The molecule has 0 aliphatic heterocycles. The minimum atomic E-state index is 0.0630. The van der Waals surface area contributed by atoms with Gasteiger partial charge < -0.3 is 5.32 Å². The Balaban J connectivity index is 3.66. The molecule has 0 aliphatic carbocycles. The Morgan fingerprint density at radius 1 is 1.20 bits per heavy atom. The van der Waals surface area contributed by atoms with Gasteiger partial charge in [0.15, 0.2) is 0 Å². The molecule has 0 saturated carbocycles. The molecule has 2 heteroatoms. The van der Waals surface area contributed by atoms with Gasteiger partial charge in [0.25, 0.3) is 0 Å². The van der Waals surface area contributed by atoms with Gasteiger partial charge in [-0.05, 0) is 11.8 Å². The maximum absolute atomic E-state index is 11.7. The second-order valence-corrected chi connectivity index (χ2v) is 5.44. The molecule has 1 unspecified atom stereocenters. The van der Waals surface area contributed by atoms with Gasteiger partial charge in [-0.25, -0.2) is 0 Å². The van der Waals surface area contributed by atoms with Crippen LogP contribution >= 0.6 is 0 Å². The van der Waals surface area contributed by atoms with E-state index in [9.17, 15) is 4.79 Å². The molecular weight excluding hydrogens is 186 g/mol. The first-order chi connectivity index (χ1) is 6.89. The third-order valence-corrected chi connectivity index (χ3v) is 3.02. The van der Waals surface area contributed by atoms with E-state index in [1.54, 1.807) is 0 Å². The van der Waals surface area contributed by atoms with Gasteiger partial charge >= 0.3 is 0 Å². The summed E-state index contributed by atoms with van der Waals surface area (Å²) in [6.07, 6.45) is 4.84. The van der Waals surface area contributed by atoms with Crippen LogP contribution in [0.3, 0.4) is 0 Å². The van der Waals surface area contributed by atoms with Crippen molar-refractivity contribution in [1.82, 2.24) is 5.32 Å². The van der Waals surface area contributed by atoms with E-state index < -0.39 is 0 Å². The van der Waals surface area contributed by atoms with E-state index >= 15 is 0 Å². The molecule has 0 aromatic rings. The summed E-state index contributed by atoms with van der Waals surface area (Å²) in [5.41, 5.74) is 0.0630. The molecule has 0 radical (unpaired) electrons. The van der Waals surface area contributed by atoms with E-state index in [1.807, 2.05) is 6.92 Å². The molecular formula is C13H27NO. The highest BCUT2D eigenvalue weighted by atomic mass is 16.1. The van der Waals surface area contributed by atoms with Crippen LogP contribution in [0.4, 0.5) is 0 Å². The lowest BCUT2D eigenvalue weighted by molar-refractivity contribution is -0.127. The van der Waals surface area contributed by atoms with Crippen LogP contribution in [0, 0.1) is 11.3 Å². The molecule has 1 amide bonds. The molecule has 15 heavy (non-hydrogen) atoms. The number of amides is 1. The molecule has 0 aromatic carbocycles. The predicted molar refractivity (Wildman–Crippen MR) is 65.8 cm³/mol. The van der Waals surface area contributed by atoms with E-state index in [1.165, 1.54) is 19.3 Å². The third-order valence-electron chi connectivity index (χ3n) is 3.02. The van der Waals surface area contributed by atoms with Crippen LogP contribution in [-0.2, 0) is 4.79 Å². The molecule has 0 aromatic heterocycles. The van der Waals surface area contributed by atoms with Gasteiger partial charge in [0.2, 0.25) is 5.91 Å². The largest absolute Gasteiger partial charge is 0.356 e. The lowest BCUT2D eigenvalue weighted by Crippen LogP contribution is -2.36. The summed E-state index contributed by atoms with van der Waals surface area (Å²) < 4.78 is 0. The third kappa shape index (κ3) is 6.53. The van der Waals surface area contributed by atoms with Gasteiger partial charge in [-0.1, -0.05) is 53.9 Å². The first kappa shape index (κ1) is 14.5. The van der Waals surface area contributed by atoms with Crippen molar-refractivity contribution in [3.63, 3.8) is 0 Å². The molecule has 0 spiro atoms. The van der Waals surface area contributed by atoms with Gasteiger partial charge in [-0.3, -0.25) is 4.79 Å². The summed E-state index contributed by atoms with van der Waals surface area (Å²) in [5.74, 6) is 0.280. The standard InChI is InChI=1S/C13H27NO/c1-6-7-8-9-10-14-12(15)11(2)13(3,4)5/h11H,6-10H2,1-5H3,(H,14,15). The van der Waals surface area contributed by atoms with Crippen LogP contribution in [-0.4, -0.2) is 12.5 Å². The fraction of sp³-hybridized carbons (Fsp3) is 0.923. The number of carbonyl (C=O) groups excluding carboxylic acids is 1. The van der Waals surface area contributed by atoms with Gasteiger partial charge in [0, 0.05) is 12.5 Å². The quantitative estimate of drug-likeness (QED) is 0.673. The van der Waals surface area contributed by atoms with Crippen molar-refractivity contribution in [2.75, 3.05) is 6.54 Å². The number of hydrogen-bond donors (Lipinski definition) is 1. The summed E-state index contributed by atoms with van der Waals surface area (Å²) in [5, 5.41) is 3.01. The first-order valence-corrected chi connectivity index (χ1v) is 6.17. The SMILES string of the molecule is CCCCCCNC(=O)C(C)C(C)(C)C. The topological polar surface area (TPSA) is 29.1 Å². The average molecular weight is 213 g/mol. The predicted octanol–water partition coefficient (Wildman–Crippen LogP) is 3.37. The second kappa shape index (κ2) is 6.86. The minimum Gasteiger partial charge on any atom is -0.356 e. The van der Waals surface area contributed by atoms with Crippen LogP contribution in [0.25, 0.3) is 0 Å². The summed E-state index contributed by atoms with van der Waals surface area (Å²) in [6.45, 7) is 11.3. The van der Waals surface area contributed by atoms with Crippen molar-refractivity contribution in [3.8, 4) is 0 Å². The molecule has 1 atom stereocenters. The fourth-order valence-corrected chi connectivity index (χ4v) is 1.31. The number of unbranched alkanes of at least 4 members (excludes halogenated alkanes) is 3. The lowest BCUT2D eigenvalue weighted by Gasteiger charge is -2.26. The van der Waals surface area contributed by atoms with Crippen LogP contribution in [0.2, 0.25) is 0 Å². The van der Waals surface area contributed by atoms with Crippen LogP contribution in [0.1, 0.15) is 60.3 Å². The zero-order chi connectivity index (χ0) is 11.9. The molecule has 2 nitrogen and oxygen atoms in total. The normalized spacial score (nSPS) is 13.7. The molecule has 0 rings (SSSR count). The van der Waals surface area contributed by atoms with Crippen LogP contribution < -0.4 is 5.32 Å². The van der Waals surface area contributed by atoms with E-state index in [2.05, 4.69) is 33.0 Å². The van der Waals surface area contributed by atoms with Crippen molar-refractivity contribution < 1.29 is 4.79 Å². The zero-order valence-electron chi connectivity index (χ0n) is 11.0. The smallest absolute Gasteiger partial charge is 0.223 e. The van der Waals surface area contributed by atoms with Gasteiger partial charge in [0.05, 0.1) is 0 Å². The Bertz CT molecular complexity index is 181. The van der Waals surface area contributed by atoms with E-state index in [0.717, 1.165) is 13.0 Å². The molecule has 1 N–H and O–H groups in total. The van der Waals surface area contributed by atoms with E-state index in [-0.39, 0.29) is 17.2 Å². The summed E-state index contributed by atoms with van der Waals surface area (Å²) >= 11 is 0. The van der Waals surface area contributed by atoms with E-state index in [0.29, 0.717) is 0 Å². The molecule has 0 heterocycles. The first-order valence-electron chi connectivity index (χ1n) is 6.17. The Morgan fingerprint density at radius 2 is 1.80 bits per heavy atom. The zero-order valence-corrected chi connectivity index (χ0v) is 11.0. The monoisotopic (exact) mass is 213 g/mol. The minimum absolute atomic E-state index is 0.0630.